The zero-order valence-corrected chi connectivity index (χ0v) is 22.0. The molecule has 0 radical (unpaired) electrons. The summed E-state index contributed by atoms with van der Waals surface area (Å²) in [4.78, 5) is 30.0. The third kappa shape index (κ3) is 6.80. The number of imidazole rings is 2. The molecule has 0 fully saturated rings. The van der Waals surface area contributed by atoms with Crippen LogP contribution in [0.3, 0.4) is 0 Å². The molecule has 2 aromatic heterocycles. The molecular weight excluding hydrogens is 448 g/mol. The molecule has 1 aliphatic carbocycles. The van der Waals surface area contributed by atoms with E-state index in [2.05, 4.69) is 61.4 Å². The molecule has 0 bridgehead atoms. The van der Waals surface area contributed by atoms with Gasteiger partial charge < -0.3 is 14.5 Å². The van der Waals surface area contributed by atoms with Gasteiger partial charge in [-0.15, -0.1) is 0 Å². The van der Waals surface area contributed by atoms with E-state index in [4.69, 9.17) is 0 Å². The Kier molecular flexibility index (Phi) is 9.25. The molecule has 4 rings (SSSR count). The molecule has 1 N–H and O–H groups in total. The number of allylic oxidation sites excluding steroid dienone is 1. The monoisotopic (exact) mass is 488 g/mol. The fourth-order valence-corrected chi connectivity index (χ4v) is 5.04. The van der Waals surface area contributed by atoms with Crippen molar-refractivity contribution in [2.75, 3.05) is 19.6 Å². The number of carbonyl (C=O) groups is 1. The smallest absolute Gasteiger partial charge is 0.189 e. The minimum atomic E-state index is 0.205. The summed E-state index contributed by atoms with van der Waals surface area (Å²) in [6.45, 7) is 10.1. The maximum atomic E-state index is 13.0. The largest absolute Gasteiger partial charge is 0.348 e. The molecule has 0 aliphatic heterocycles. The summed E-state index contributed by atoms with van der Waals surface area (Å²) in [5, 5.41) is 0. The molecule has 7 heteroatoms. The molecule has 7 nitrogen and oxygen atoms in total. The van der Waals surface area contributed by atoms with Gasteiger partial charge in [-0.25, -0.2) is 9.97 Å². The number of Topliss-reactive ketones (excluding diaryl/α,β-unsaturated/α-hetero) is 1. The van der Waals surface area contributed by atoms with E-state index in [0.29, 0.717) is 13.1 Å². The van der Waals surface area contributed by atoms with Crippen molar-refractivity contribution in [3.63, 3.8) is 0 Å². The Hall–Kier alpha value is -3.03. The number of H-pyrrole nitrogens is 1. The van der Waals surface area contributed by atoms with Gasteiger partial charge >= 0.3 is 0 Å². The molecular formula is C29H40N6O. The molecule has 0 saturated carbocycles. The van der Waals surface area contributed by atoms with E-state index in [1.807, 2.05) is 31.7 Å². The van der Waals surface area contributed by atoms with Crippen LogP contribution in [0.1, 0.15) is 79.1 Å². The van der Waals surface area contributed by atoms with Crippen LogP contribution in [0.4, 0.5) is 0 Å². The summed E-state index contributed by atoms with van der Waals surface area (Å²) < 4.78 is 2.05. The first-order valence-electron chi connectivity index (χ1n) is 13.3. The summed E-state index contributed by atoms with van der Waals surface area (Å²) in [7, 11) is 2.02. The molecule has 1 aliphatic rings. The number of aromatic nitrogens is 4. The molecule has 3 aromatic rings. The van der Waals surface area contributed by atoms with E-state index in [9.17, 15) is 4.79 Å². The van der Waals surface area contributed by atoms with Crippen molar-refractivity contribution < 1.29 is 4.79 Å². The van der Waals surface area contributed by atoms with Crippen LogP contribution in [0.2, 0.25) is 0 Å². The molecule has 0 spiro atoms. The lowest BCUT2D eigenvalue weighted by Crippen LogP contribution is -2.26. The third-order valence-electron chi connectivity index (χ3n) is 6.85. The summed E-state index contributed by atoms with van der Waals surface area (Å²) in [5.74, 6) is 2.15. The van der Waals surface area contributed by atoms with Crippen LogP contribution in [0.15, 0.2) is 48.6 Å². The third-order valence-corrected chi connectivity index (χ3v) is 6.85. The van der Waals surface area contributed by atoms with Crippen LogP contribution in [0.5, 0.6) is 0 Å². The average Bonchev–Trinajstić information content (AvgIpc) is 3.59. The Balaban J connectivity index is 1.38. The topological polar surface area (TPSA) is 70.0 Å². The predicted octanol–water partition coefficient (Wildman–Crippen LogP) is 5.22. The normalized spacial score (nSPS) is 13.1. The van der Waals surface area contributed by atoms with Crippen molar-refractivity contribution in [1.29, 1.82) is 0 Å². The number of nitrogens with one attached hydrogen (secondary N) is 1. The highest BCUT2D eigenvalue weighted by molar-refractivity contribution is 6.17. The van der Waals surface area contributed by atoms with E-state index in [0.717, 1.165) is 60.7 Å². The molecule has 0 atom stereocenters. The number of rotatable bonds is 15. The Bertz CT molecular complexity index is 1140. The zero-order valence-electron chi connectivity index (χ0n) is 22.0. The fraction of sp³-hybridized carbons (Fsp3) is 0.483. The first-order valence-corrected chi connectivity index (χ1v) is 13.3. The van der Waals surface area contributed by atoms with Gasteiger partial charge in [-0.05, 0) is 75.0 Å². The molecule has 0 saturated heterocycles. The minimum Gasteiger partial charge on any atom is -0.348 e. The number of hydrogen-bond acceptors (Lipinski definition) is 5. The van der Waals surface area contributed by atoms with Gasteiger partial charge in [0.1, 0.15) is 11.6 Å². The van der Waals surface area contributed by atoms with Crippen LogP contribution in [0.25, 0.3) is 6.08 Å². The lowest BCUT2D eigenvalue weighted by Gasteiger charge is -2.21. The van der Waals surface area contributed by atoms with Gasteiger partial charge in [-0.1, -0.05) is 26.0 Å². The van der Waals surface area contributed by atoms with Crippen LogP contribution in [-0.4, -0.2) is 54.7 Å². The number of fused-ring (bicyclic) bond motifs is 1. The summed E-state index contributed by atoms with van der Waals surface area (Å²) in [5.41, 5.74) is 4.05. The van der Waals surface area contributed by atoms with Crippen LogP contribution < -0.4 is 0 Å². The van der Waals surface area contributed by atoms with Gasteiger partial charge in [0.05, 0.1) is 13.1 Å². The van der Waals surface area contributed by atoms with Gasteiger partial charge in [0.2, 0.25) is 0 Å². The van der Waals surface area contributed by atoms with Crippen molar-refractivity contribution in [1.82, 2.24) is 29.3 Å². The maximum Gasteiger partial charge on any atom is 0.189 e. The number of hydrogen-bond donors (Lipinski definition) is 1. The second-order valence-electron chi connectivity index (χ2n) is 9.85. The highest BCUT2D eigenvalue weighted by atomic mass is 16.1. The number of unbranched alkanes of at least 4 members (excludes halogenated alkanes) is 1. The Morgan fingerprint density at radius 1 is 0.944 bits per heavy atom. The molecule has 0 amide bonds. The molecule has 1 aromatic carbocycles. The first kappa shape index (κ1) is 26.0. The maximum absolute atomic E-state index is 13.0. The van der Waals surface area contributed by atoms with E-state index in [-0.39, 0.29) is 5.78 Å². The van der Waals surface area contributed by atoms with Gasteiger partial charge in [0, 0.05) is 49.5 Å². The number of aryl methyl sites for hydroxylation is 1. The van der Waals surface area contributed by atoms with Crippen molar-refractivity contribution >= 4 is 11.9 Å². The first-order chi connectivity index (χ1) is 17.6. The molecule has 192 valence electrons. The number of carbonyl (C=O) groups excluding carboxylic acids is 1. The average molecular weight is 489 g/mol. The van der Waals surface area contributed by atoms with Gasteiger partial charge in [-0.2, -0.15) is 0 Å². The minimum absolute atomic E-state index is 0.205. The van der Waals surface area contributed by atoms with E-state index >= 15 is 0 Å². The second kappa shape index (κ2) is 12.8. The van der Waals surface area contributed by atoms with Crippen LogP contribution in [0, 0.1) is 0 Å². The second-order valence-corrected chi connectivity index (χ2v) is 9.85. The van der Waals surface area contributed by atoms with Crippen molar-refractivity contribution in [2.45, 2.75) is 65.6 Å². The Labute approximate surface area is 215 Å². The lowest BCUT2D eigenvalue weighted by atomic mass is 10.0. The molecule has 2 heterocycles. The van der Waals surface area contributed by atoms with E-state index in [1.165, 1.54) is 31.5 Å². The number of aromatic amines is 1. The number of benzene rings is 1. The van der Waals surface area contributed by atoms with E-state index < -0.39 is 0 Å². The number of ketones is 1. The molecule has 0 unspecified atom stereocenters. The Morgan fingerprint density at radius 2 is 1.78 bits per heavy atom. The standard InChI is InChI=1S/C29H40N6O/c1-4-14-34(15-5-2)16-7-6-8-24-19-25-18-23(9-10-26(25)29(24)36)20-35(21-27-30-11-12-31-27)22-28-32-13-17-33(28)3/h9-13,17-19H,4-8,14-16,20-22H2,1-3H3,(H,30,31). The predicted molar refractivity (Wildman–Crippen MR) is 144 cm³/mol. The highest BCUT2D eigenvalue weighted by Crippen LogP contribution is 2.29. The van der Waals surface area contributed by atoms with Crippen molar-refractivity contribution in [3.05, 3.63) is 76.9 Å². The quantitative estimate of drug-likeness (QED) is 0.297. The SMILES string of the molecule is CCCN(CCC)CCCCC1=Cc2cc(CN(Cc3ncc[nH]3)Cc3nccn3C)ccc2C1=O. The van der Waals surface area contributed by atoms with Crippen LogP contribution in [-0.2, 0) is 26.7 Å². The summed E-state index contributed by atoms with van der Waals surface area (Å²) in [6.07, 6.45) is 15.0. The zero-order chi connectivity index (χ0) is 25.3. The van der Waals surface area contributed by atoms with Crippen molar-refractivity contribution in [2.24, 2.45) is 7.05 Å². The van der Waals surface area contributed by atoms with Gasteiger partial charge in [0.25, 0.3) is 0 Å². The Morgan fingerprint density at radius 3 is 2.47 bits per heavy atom. The number of nitrogens with zero attached hydrogens (tertiary/aromatic N) is 5. The van der Waals surface area contributed by atoms with Gasteiger partial charge in [-0.3, -0.25) is 9.69 Å². The van der Waals surface area contributed by atoms with Gasteiger partial charge in [0.15, 0.2) is 5.78 Å². The lowest BCUT2D eigenvalue weighted by molar-refractivity contribution is 0.103. The van der Waals surface area contributed by atoms with E-state index in [1.54, 1.807) is 6.20 Å². The molecule has 36 heavy (non-hydrogen) atoms. The summed E-state index contributed by atoms with van der Waals surface area (Å²) >= 11 is 0. The summed E-state index contributed by atoms with van der Waals surface area (Å²) in [6, 6.07) is 6.28. The fourth-order valence-electron chi connectivity index (χ4n) is 5.04. The van der Waals surface area contributed by atoms with Crippen molar-refractivity contribution in [3.8, 4) is 0 Å². The highest BCUT2D eigenvalue weighted by Gasteiger charge is 2.23. The van der Waals surface area contributed by atoms with Crippen LogP contribution >= 0.6 is 0 Å².